The zero-order valence-corrected chi connectivity index (χ0v) is 15.0. The summed E-state index contributed by atoms with van der Waals surface area (Å²) in [7, 11) is 0. The van der Waals surface area contributed by atoms with Crippen LogP contribution in [0.4, 0.5) is 5.82 Å². The first-order chi connectivity index (χ1) is 13.2. The van der Waals surface area contributed by atoms with Crippen LogP contribution in [0.25, 0.3) is 0 Å². The summed E-state index contributed by atoms with van der Waals surface area (Å²) in [4.78, 5) is 26.7. The maximum absolute atomic E-state index is 12.9. The fourth-order valence-corrected chi connectivity index (χ4v) is 2.60. The summed E-state index contributed by atoms with van der Waals surface area (Å²) in [5.74, 6) is 0.764. The highest BCUT2D eigenvalue weighted by atomic mass is 16.7. The van der Waals surface area contributed by atoms with Crippen molar-refractivity contribution in [3.05, 3.63) is 36.1 Å². The number of nitrogens with zero attached hydrogens (tertiary/aromatic N) is 2. The van der Waals surface area contributed by atoms with Crippen molar-refractivity contribution < 1.29 is 28.3 Å². The topological polar surface area (TPSA) is 103 Å². The molecule has 0 aliphatic carbocycles. The van der Waals surface area contributed by atoms with E-state index in [0.29, 0.717) is 49.1 Å². The third-order valence-corrected chi connectivity index (χ3v) is 3.87. The third-order valence-electron chi connectivity index (χ3n) is 3.87. The summed E-state index contributed by atoms with van der Waals surface area (Å²) in [6, 6.07) is 6.48. The Hall–Kier alpha value is -3.07. The van der Waals surface area contributed by atoms with Crippen LogP contribution < -0.4 is 14.8 Å². The number of amides is 2. The van der Waals surface area contributed by atoms with Gasteiger partial charge >= 0.3 is 0 Å². The smallest absolute Gasteiger partial charge is 0.254 e. The van der Waals surface area contributed by atoms with Crippen molar-refractivity contribution >= 4 is 17.6 Å². The van der Waals surface area contributed by atoms with E-state index < -0.39 is 0 Å². The van der Waals surface area contributed by atoms with Gasteiger partial charge in [-0.15, -0.1) is 0 Å². The third kappa shape index (κ3) is 4.98. The van der Waals surface area contributed by atoms with Crippen molar-refractivity contribution in [3.8, 4) is 11.5 Å². The van der Waals surface area contributed by atoms with E-state index in [1.807, 2.05) is 6.92 Å². The Bertz CT molecular complexity index is 777. The van der Waals surface area contributed by atoms with Crippen LogP contribution in [-0.4, -0.2) is 55.0 Å². The minimum absolute atomic E-state index is 0.119. The van der Waals surface area contributed by atoms with Crippen LogP contribution in [0.1, 0.15) is 23.7 Å². The Morgan fingerprint density at radius 3 is 2.89 bits per heavy atom. The summed E-state index contributed by atoms with van der Waals surface area (Å²) in [6.07, 6.45) is 1.97. The Labute approximate surface area is 156 Å². The zero-order valence-electron chi connectivity index (χ0n) is 15.0. The summed E-state index contributed by atoms with van der Waals surface area (Å²) in [6.45, 7) is 3.40. The molecule has 1 aliphatic rings. The van der Waals surface area contributed by atoms with Crippen LogP contribution in [0.2, 0.25) is 0 Å². The first-order valence-electron chi connectivity index (χ1n) is 8.64. The monoisotopic (exact) mass is 375 g/mol. The summed E-state index contributed by atoms with van der Waals surface area (Å²) >= 11 is 0. The van der Waals surface area contributed by atoms with Crippen LogP contribution >= 0.6 is 0 Å². The molecule has 1 aromatic carbocycles. The van der Waals surface area contributed by atoms with Crippen LogP contribution in [0, 0.1) is 0 Å². The number of fused-ring (bicyclic) bond motifs is 1. The first kappa shape index (κ1) is 18.7. The number of hydrogen-bond acceptors (Lipinski definition) is 7. The molecule has 27 heavy (non-hydrogen) atoms. The fourth-order valence-electron chi connectivity index (χ4n) is 2.60. The maximum atomic E-state index is 12.9. The van der Waals surface area contributed by atoms with E-state index in [2.05, 4.69) is 15.0 Å². The molecule has 144 valence electrons. The van der Waals surface area contributed by atoms with Gasteiger partial charge in [-0.25, -0.2) is 0 Å². The average Bonchev–Trinajstić information content (AvgIpc) is 3.34. The average molecular weight is 375 g/mol. The highest BCUT2D eigenvalue weighted by Gasteiger charge is 2.22. The number of carbonyl (C=O) groups excluding carboxylic acids is 2. The Morgan fingerprint density at radius 1 is 1.26 bits per heavy atom. The van der Waals surface area contributed by atoms with Crippen LogP contribution in [0.3, 0.4) is 0 Å². The molecule has 0 radical (unpaired) electrons. The molecule has 1 aliphatic heterocycles. The zero-order chi connectivity index (χ0) is 19.1. The second-order valence-corrected chi connectivity index (χ2v) is 5.78. The van der Waals surface area contributed by atoms with Crippen molar-refractivity contribution in [1.29, 1.82) is 0 Å². The lowest BCUT2D eigenvalue weighted by Gasteiger charge is -2.22. The molecule has 0 fully saturated rings. The van der Waals surface area contributed by atoms with Gasteiger partial charge in [0, 0.05) is 31.4 Å². The minimum Gasteiger partial charge on any atom is -0.454 e. The standard InChI is InChI=1S/C18H21N3O6/c1-2-24-8-3-7-21(11-17(22)19-16-6-9-27-20-16)18(23)13-4-5-14-15(10-13)26-12-25-14/h4-6,9-10H,2-3,7-8,11-12H2,1H3,(H,19,20,22). The van der Waals surface area contributed by atoms with Gasteiger partial charge in [0.1, 0.15) is 12.8 Å². The van der Waals surface area contributed by atoms with E-state index in [1.165, 1.54) is 17.2 Å². The number of aromatic nitrogens is 1. The summed E-state index contributed by atoms with van der Waals surface area (Å²) in [5, 5.41) is 6.22. The van der Waals surface area contributed by atoms with Gasteiger partial charge in [0.25, 0.3) is 5.91 Å². The van der Waals surface area contributed by atoms with Crippen LogP contribution in [0.15, 0.2) is 35.1 Å². The molecule has 2 heterocycles. The minimum atomic E-state index is -0.366. The van der Waals surface area contributed by atoms with Crippen molar-refractivity contribution in [2.75, 3.05) is 38.4 Å². The lowest BCUT2D eigenvalue weighted by molar-refractivity contribution is -0.117. The number of anilines is 1. The predicted molar refractivity (Wildman–Crippen MR) is 94.7 cm³/mol. The molecule has 9 nitrogen and oxygen atoms in total. The first-order valence-corrected chi connectivity index (χ1v) is 8.64. The largest absolute Gasteiger partial charge is 0.454 e. The van der Waals surface area contributed by atoms with Crippen LogP contribution in [-0.2, 0) is 9.53 Å². The molecule has 1 N–H and O–H groups in total. The molecule has 0 saturated carbocycles. The van der Waals surface area contributed by atoms with Gasteiger partial charge in [-0.2, -0.15) is 0 Å². The molecular formula is C18H21N3O6. The molecule has 2 aromatic rings. The maximum Gasteiger partial charge on any atom is 0.254 e. The van der Waals surface area contributed by atoms with Crippen molar-refractivity contribution in [3.63, 3.8) is 0 Å². The fraction of sp³-hybridized carbons (Fsp3) is 0.389. The molecule has 0 unspecified atom stereocenters. The lowest BCUT2D eigenvalue weighted by Crippen LogP contribution is -2.39. The van der Waals surface area contributed by atoms with E-state index >= 15 is 0 Å². The molecule has 0 bridgehead atoms. The summed E-state index contributed by atoms with van der Waals surface area (Å²) in [5.41, 5.74) is 0.421. The molecule has 9 heteroatoms. The van der Waals surface area contributed by atoms with E-state index in [9.17, 15) is 9.59 Å². The molecule has 1 aromatic heterocycles. The van der Waals surface area contributed by atoms with E-state index in [-0.39, 0.29) is 25.2 Å². The summed E-state index contributed by atoms with van der Waals surface area (Å²) < 4.78 is 20.6. The number of rotatable bonds is 9. The second-order valence-electron chi connectivity index (χ2n) is 5.78. The quantitative estimate of drug-likeness (QED) is 0.668. The number of ether oxygens (including phenoxy) is 3. The highest BCUT2D eigenvalue weighted by Crippen LogP contribution is 2.32. The van der Waals surface area contributed by atoms with Gasteiger partial charge in [0.05, 0.1) is 0 Å². The van der Waals surface area contributed by atoms with Gasteiger partial charge < -0.3 is 29.0 Å². The van der Waals surface area contributed by atoms with E-state index in [4.69, 9.17) is 14.2 Å². The SMILES string of the molecule is CCOCCCN(CC(=O)Nc1ccon1)C(=O)c1ccc2c(c1)OCO2. The number of hydrogen-bond donors (Lipinski definition) is 1. The Kier molecular flexibility index (Phi) is 6.26. The Balaban J connectivity index is 1.67. The molecular weight excluding hydrogens is 354 g/mol. The molecule has 0 atom stereocenters. The van der Waals surface area contributed by atoms with E-state index in [1.54, 1.807) is 18.2 Å². The Morgan fingerprint density at radius 2 is 2.11 bits per heavy atom. The van der Waals surface area contributed by atoms with Crippen LogP contribution in [0.5, 0.6) is 11.5 Å². The molecule has 0 saturated heterocycles. The van der Waals surface area contributed by atoms with Gasteiger partial charge in [-0.05, 0) is 31.5 Å². The highest BCUT2D eigenvalue weighted by molar-refractivity contribution is 5.99. The second kappa shape index (κ2) is 9.04. The number of carbonyl (C=O) groups is 2. The van der Waals surface area contributed by atoms with Gasteiger partial charge in [-0.1, -0.05) is 5.16 Å². The van der Waals surface area contributed by atoms with E-state index in [0.717, 1.165) is 0 Å². The van der Waals surface area contributed by atoms with Crippen molar-refractivity contribution in [1.82, 2.24) is 10.1 Å². The van der Waals surface area contributed by atoms with Gasteiger partial charge in [-0.3, -0.25) is 9.59 Å². The number of nitrogens with one attached hydrogen (secondary N) is 1. The molecule has 3 rings (SSSR count). The van der Waals surface area contributed by atoms with Gasteiger partial charge in [0.2, 0.25) is 12.7 Å². The normalized spacial score (nSPS) is 12.0. The number of benzene rings is 1. The predicted octanol–water partition coefficient (Wildman–Crippen LogP) is 1.91. The molecule has 2 amide bonds. The van der Waals surface area contributed by atoms with Gasteiger partial charge in [0.15, 0.2) is 17.3 Å². The lowest BCUT2D eigenvalue weighted by atomic mass is 10.1. The molecule has 0 spiro atoms. The van der Waals surface area contributed by atoms with Crippen molar-refractivity contribution in [2.24, 2.45) is 0 Å². The van der Waals surface area contributed by atoms with Crippen molar-refractivity contribution in [2.45, 2.75) is 13.3 Å².